The van der Waals surface area contributed by atoms with E-state index in [1.165, 1.54) is 0 Å². The van der Waals surface area contributed by atoms with Crippen LogP contribution < -0.4 is 15.5 Å². The van der Waals surface area contributed by atoms with E-state index in [9.17, 15) is 0 Å². The van der Waals surface area contributed by atoms with E-state index >= 15 is 0 Å². The second-order valence-corrected chi connectivity index (χ2v) is 4.44. The monoisotopic (exact) mass is 225 g/mol. The Labute approximate surface area is 95.4 Å². The van der Waals surface area contributed by atoms with Gasteiger partial charge >= 0.3 is 0 Å². The Kier molecular flexibility index (Phi) is 3.03. The molecule has 1 fully saturated rings. The maximum absolute atomic E-state index is 6.17. The number of anilines is 2. The fourth-order valence-electron chi connectivity index (χ4n) is 1.70. The molecule has 2 N–H and O–H groups in total. The summed E-state index contributed by atoms with van der Waals surface area (Å²) in [4.78, 5) is 2.04. The van der Waals surface area contributed by atoms with Crippen LogP contribution >= 0.6 is 11.6 Å². The first-order valence-electron chi connectivity index (χ1n) is 5.11. The molecule has 1 aliphatic rings. The van der Waals surface area contributed by atoms with Gasteiger partial charge in [-0.15, -0.1) is 0 Å². The molecule has 3 nitrogen and oxygen atoms in total. The fourth-order valence-corrected chi connectivity index (χ4v) is 2.04. The van der Waals surface area contributed by atoms with Gasteiger partial charge in [0.25, 0.3) is 0 Å². The molecule has 0 aliphatic carbocycles. The van der Waals surface area contributed by atoms with Gasteiger partial charge in [-0.05, 0) is 12.1 Å². The minimum Gasteiger partial charge on any atom is -0.378 e. The van der Waals surface area contributed by atoms with Crippen molar-refractivity contribution in [2.45, 2.75) is 6.04 Å². The number of benzene rings is 1. The summed E-state index contributed by atoms with van der Waals surface area (Å²) in [7, 11) is 4.01. The lowest BCUT2D eigenvalue weighted by Crippen LogP contribution is -2.51. The van der Waals surface area contributed by atoms with Crippen molar-refractivity contribution >= 4 is 23.0 Å². The fraction of sp³-hybridized carbons (Fsp3) is 0.455. The van der Waals surface area contributed by atoms with Crippen LogP contribution in [0.4, 0.5) is 11.4 Å². The summed E-state index contributed by atoms with van der Waals surface area (Å²) in [5.74, 6) is 0. The molecule has 0 atom stereocenters. The molecule has 0 bridgehead atoms. The largest absolute Gasteiger partial charge is 0.378 e. The van der Waals surface area contributed by atoms with Crippen molar-refractivity contribution in [1.82, 2.24) is 5.32 Å². The van der Waals surface area contributed by atoms with Gasteiger partial charge in [0.2, 0.25) is 0 Å². The van der Waals surface area contributed by atoms with E-state index in [1.54, 1.807) is 0 Å². The predicted molar refractivity (Wildman–Crippen MR) is 66.1 cm³/mol. The molecule has 0 spiro atoms. The molecule has 15 heavy (non-hydrogen) atoms. The molecule has 1 aromatic rings. The van der Waals surface area contributed by atoms with E-state index in [1.807, 2.05) is 31.1 Å². The predicted octanol–water partition coefficient (Wildman–Crippen LogP) is 1.79. The van der Waals surface area contributed by atoms with E-state index in [0.29, 0.717) is 6.04 Å². The number of nitrogens with zero attached hydrogens (tertiary/aromatic N) is 1. The second-order valence-electron chi connectivity index (χ2n) is 4.03. The Bertz CT molecular complexity index is 348. The zero-order valence-corrected chi connectivity index (χ0v) is 9.80. The van der Waals surface area contributed by atoms with Crippen molar-refractivity contribution in [3.05, 3.63) is 23.2 Å². The Morgan fingerprint density at radius 1 is 1.40 bits per heavy atom. The molecule has 1 aromatic carbocycles. The van der Waals surface area contributed by atoms with Crippen molar-refractivity contribution in [3.8, 4) is 0 Å². The van der Waals surface area contributed by atoms with Crippen LogP contribution in [0, 0.1) is 0 Å². The van der Waals surface area contributed by atoms with Gasteiger partial charge in [0.15, 0.2) is 0 Å². The number of rotatable bonds is 3. The van der Waals surface area contributed by atoms with Crippen molar-refractivity contribution in [2.24, 2.45) is 0 Å². The van der Waals surface area contributed by atoms with E-state index < -0.39 is 0 Å². The van der Waals surface area contributed by atoms with Gasteiger partial charge in [0, 0.05) is 27.2 Å². The van der Waals surface area contributed by atoms with Crippen LogP contribution in [0.3, 0.4) is 0 Å². The molecule has 82 valence electrons. The first-order chi connectivity index (χ1) is 7.18. The average Bonchev–Trinajstić information content (AvgIpc) is 2.10. The molecule has 1 saturated heterocycles. The average molecular weight is 226 g/mol. The molecule has 4 heteroatoms. The zero-order valence-electron chi connectivity index (χ0n) is 9.05. The Morgan fingerprint density at radius 2 is 2.13 bits per heavy atom. The summed E-state index contributed by atoms with van der Waals surface area (Å²) in [6, 6.07) is 6.49. The SMILES string of the molecule is CN(C)c1c(Cl)cccc1NC1CNC1. The second kappa shape index (κ2) is 4.29. The maximum atomic E-state index is 6.17. The van der Waals surface area contributed by atoms with Crippen LogP contribution in [0.15, 0.2) is 18.2 Å². The van der Waals surface area contributed by atoms with Gasteiger partial charge in [-0.2, -0.15) is 0 Å². The highest BCUT2D eigenvalue weighted by molar-refractivity contribution is 6.34. The molecule has 1 heterocycles. The van der Waals surface area contributed by atoms with Crippen LogP contribution in [-0.4, -0.2) is 33.2 Å². The van der Waals surface area contributed by atoms with Crippen LogP contribution in [-0.2, 0) is 0 Å². The van der Waals surface area contributed by atoms with Crippen molar-refractivity contribution in [2.75, 3.05) is 37.4 Å². The minimum atomic E-state index is 0.530. The summed E-state index contributed by atoms with van der Waals surface area (Å²) in [6.07, 6.45) is 0. The Morgan fingerprint density at radius 3 is 2.67 bits per heavy atom. The molecule has 0 amide bonds. The highest BCUT2D eigenvalue weighted by atomic mass is 35.5. The zero-order chi connectivity index (χ0) is 10.8. The van der Waals surface area contributed by atoms with Crippen LogP contribution in [0.1, 0.15) is 0 Å². The first-order valence-corrected chi connectivity index (χ1v) is 5.49. The molecule has 0 radical (unpaired) electrons. The van der Waals surface area contributed by atoms with Gasteiger partial charge in [-0.1, -0.05) is 17.7 Å². The van der Waals surface area contributed by atoms with E-state index in [-0.39, 0.29) is 0 Å². The highest BCUT2D eigenvalue weighted by Gasteiger charge is 2.18. The van der Waals surface area contributed by atoms with Crippen molar-refractivity contribution in [3.63, 3.8) is 0 Å². The van der Waals surface area contributed by atoms with E-state index in [0.717, 1.165) is 29.5 Å². The molecular weight excluding hydrogens is 210 g/mol. The molecule has 2 rings (SSSR count). The summed E-state index contributed by atoms with van der Waals surface area (Å²) in [5, 5.41) is 7.51. The third-order valence-corrected chi connectivity index (χ3v) is 2.88. The van der Waals surface area contributed by atoms with Crippen LogP contribution in [0.5, 0.6) is 0 Å². The quantitative estimate of drug-likeness (QED) is 0.822. The number of nitrogens with one attached hydrogen (secondary N) is 2. The lowest BCUT2D eigenvalue weighted by Gasteiger charge is -2.31. The molecular formula is C11H16ClN3. The van der Waals surface area contributed by atoms with Gasteiger partial charge < -0.3 is 15.5 Å². The van der Waals surface area contributed by atoms with Gasteiger partial charge in [0.1, 0.15) is 0 Å². The molecule has 1 aliphatic heterocycles. The van der Waals surface area contributed by atoms with Gasteiger partial charge in [-0.25, -0.2) is 0 Å². The third kappa shape index (κ3) is 2.19. The topological polar surface area (TPSA) is 27.3 Å². The smallest absolute Gasteiger partial charge is 0.0786 e. The lowest BCUT2D eigenvalue weighted by atomic mass is 10.1. The number of para-hydroxylation sites is 1. The van der Waals surface area contributed by atoms with Gasteiger partial charge in [0.05, 0.1) is 22.4 Å². The standard InChI is InChI=1S/C11H16ClN3/c1-15(2)11-9(12)4-3-5-10(11)14-8-6-13-7-8/h3-5,8,13-14H,6-7H2,1-2H3. The lowest BCUT2D eigenvalue weighted by molar-refractivity contribution is 0.472. The minimum absolute atomic E-state index is 0.530. The summed E-state index contributed by atoms with van der Waals surface area (Å²) >= 11 is 6.17. The highest BCUT2D eigenvalue weighted by Crippen LogP contribution is 2.32. The molecule has 0 unspecified atom stereocenters. The van der Waals surface area contributed by atoms with Crippen molar-refractivity contribution in [1.29, 1.82) is 0 Å². The number of hydrogen-bond acceptors (Lipinski definition) is 3. The number of hydrogen-bond donors (Lipinski definition) is 2. The Balaban J connectivity index is 2.23. The molecule has 0 saturated carbocycles. The van der Waals surface area contributed by atoms with Crippen LogP contribution in [0.2, 0.25) is 5.02 Å². The van der Waals surface area contributed by atoms with E-state index in [2.05, 4.69) is 16.7 Å². The maximum Gasteiger partial charge on any atom is 0.0786 e. The Hall–Kier alpha value is -0.930. The summed E-state index contributed by atoms with van der Waals surface area (Å²) in [5.41, 5.74) is 2.17. The van der Waals surface area contributed by atoms with Crippen molar-refractivity contribution < 1.29 is 0 Å². The normalized spacial score (nSPS) is 15.9. The van der Waals surface area contributed by atoms with Gasteiger partial charge in [-0.3, -0.25) is 0 Å². The van der Waals surface area contributed by atoms with E-state index in [4.69, 9.17) is 11.6 Å². The third-order valence-electron chi connectivity index (χ3n) is 2.58. The van der Waals surface area contributed by atoms with Crippen LogP contribution in [0.25, 0.3) is 0 Å². The first kappa shape index (κ1) is 10.6. The molecule has 0 aromatic heterocycles. The number of halogens is 1. The summed E-state index contributed by atoms with van der Waals surface area (Å²) < 4.78 is 0. The summed E-state index contributed by atoms with van der Waals surface area (Å²) in [6.45, 7) is 2.05.